The molecule has 2 aromatic heterocycles. The summed E-state index contributed by atoms with van der Waals surface area (Å²) in [5.74, 6) is 0.612. The molecule has 20 heavy (non-hydrogen) atoms. The number of anilines is 1. The normalized spacial score (nSPS) is 10.3. The molecule has 5 heteroatoms. The standard InChI is InChI=1S/C15H18N4O/c1-11(2)19-14-7-6-12(9-17-14)15(20)18-10-13-5-3-4-8-16-13/h3-9,11H,10H2,1-2H3,(H,17,19)(H,18,20). The third-order valence-corrected chi connectivity index (χ3v) is 2.62. The Balaban J connectivity index is 1.92. The average molecular weight is 270 g/mol. The van der Waals surface area contributed by atoms with Crippen LogP contribution in [-0.2, 0) is 6.54 Å². The highest BCUT2D eigenvalue weighted by atomic mass is 16.1. The molecule has 0 aliphatic heterocycles. The second-order valence-electron chi connectivity index (χ2n) is 4.73. The van der Waals surface area contributed by atoms with Gasteiger partial charge in [-0.1, -0.05) is 6.07 Å². The Morgan fingerprint density at radius 3 is 2.65 bits per heavy atom. The van der Waals surface area contributed by atoms with Crippen LogP contribution < -0.4 is 10.6 Å². The molecule has 0 saturated carbocycles. The molecule has 0 unspecified atom stereocenters. The van der Waals surface area contributed by atoms with E-state index in [1.54, 1.807) is 24.5 Å². The van der Waals surface area contributed by atoms with Crippen LogP contribution in [0.4, 0.5) is 5.82 Å². The first-order valence-corrected chi connectivity index (χ1v) is 6.56. The molecule has 2 rings (SSSR count). The Hall–Kier alpha value is -2.43. The monoisotopic (exact) mass is 270 g/mol. The van der Waals surface area contributed by atoms with Crippen molar-refractivity contribution in [2.24, 2.45) is 0 Å². The van der Waals surface area contributed by atoms with E-state index >= 15 is 0 Å². The summed E-state index contributed by atoms with van der Waals surface area (Å²) in [5, 5.41) is 5.99. The Morgan fingerprint density at radius 2 is 2.05 bits per heavy atom. The molecular weight excluding hydrogens is 252 g/mol. The minimum absolute atomic E-state index is 0.153. The molecular formula is C15H18N4O. The molecule has 2 aromatic rings. The molecule has 2 heterocycles. The summed E-state index contributed by atoms with van der Waals surface area (Å²) in [6.45, 7) is 4.48. The molecule has 0 radical (unpaired) electrons. The summed E-state index contributed by atoms with van der Waals surface area (Å²) in [6.07, 6.45) is 3.27. The number of carbonyl (C=O) groups is 1. The van der Waals surface area contributed by atoms with Crippen LogP contribution in [0.25, 0.3) is 0 Å². The van der Waals surface area contributed by atoms with Crippen molar-refractivity contribution in [2.45, 2.75) is 26.4 Å². The Bertz CT molecular complexity index is 552. The lowest BCUT2D eigenvalue weighted by atomic mass is 10.2. The molecule has 104 valence electrons. The minimum Gasteiger partial charge on any atom is -0.368 e. The third kappa shape index (κ3) is 4.05. The summed E-state index contributed by atoms with van der Waals surface area (Å²) in [6, 6.07) is 9.47. The fourth-order valence-corrected chi connectivity index (χ4v) is 1.68. The number of amides is 1. The highest BCUT2D eigenvalue weighted by Gasteiger charge is 2.06. The van der Waals surface area contributed by atoms with E-state index in [9.17, 15) is 4.79 Å². The van der Waals surface area contributed by atoms with E-state index in [-0.39, 0.29) is 5.91 Å². The number of rotatable bonds is 5. The fourth-order valence-electron chi connectivity index (χ4n) is 1.68. The molecule has 0 aromatic carbocycles. The van der Waals surface area contributed by atoms with Crippen molar-refractivity contribution >= 4 is 11.7 Å². The van der Waals surface area contributed by atoms with Gasteiger partial charge in [0.05, 0.1) is 17.8 Å². The highest BCUT2D eigenvalue weighted by Crippen LogP contribution is 2.06. The molecule has 0 saturated heterocycles. The predicted molar refractivity (Wildman–Crippen MR) is 78.4 cm³/mol. The number of aromatic nitrogens is 2. The van der Waals surface area contributed by atoms with Gasteiger partial charge in [-0.3, -0.25) is 9.78 Å². The number of pyridine rings is 2. The summed E-state index contributed by atoms with van der Waals surface area (Å²) >= 11 is 0. The van der Waals surface area contributed by atoms with Gasteiger partial charge in [0.15, 0.2) is 0 Å². The zero-order valence-electron chi connectivity index (χ0n) is 11.6. The number of nitrogens with one attached hydrogen (secondary N) is 2. The summed E-state index contributed by atoms with van der Waals surface area (Å²) < 4.78 is 0. The zero-order valence-corrected chi connectivity index (χ0v) is 11.6. The van der Waals surface area contributed by atoms with Gasteiger partial charge in [-0.05, 0) is 38.1 Å². The second-order valence-corrected chi connectivity index (χ2v) is 4.73. The van der Waals surface area contributed by atoms with E-state index in [1.807, 2.05) is 32.0 Å². The van der Waals surface area contributed by atoms with Crippen LogP contribution in [-0.4, -0.2) is 21.9 Å². The lowest BCUT2D eigenvalue weighted by molar-refractivity contribution is 0.0950. The fraction of sp³-hybridized carbons (Fsp3) is 0.267. The van der Waals surface area contributed by atoms with Gasteiger partial charge in [0.1, 0.15) is 5.82 Å². The van der Waals surface area contributed by atoms with E-state index in [4.69, 9.17) is 0 Å². The quantitative estimate of drug-likeness (QED) is 0.874. The Morgan fingerprint density at radius 1 is 1.20 bits per heavy atom. The van der Waals surface area contributed by atoms with Crippen molar-refractivity contribution in [1.29, 1.82) is 0 Å². The number of carbonyl (C=O) groups excluding carboxylic acids is 1. The molecule has 0 aliphatic rings. The first-order valence-electron chi connectivity index (χ1n) is 6.56. The lowest BCUT2D eigenvalue weighted by Gasteiger charge is -2.09. The van der Waals surface area contributed by atoms with Crippen LogP contribution in [0.5, 0.6) is 0 Å². The molecule has 2 N–H and O–H groups in total. The average Bonchev–Trinajstić information content (AvgIpc) is 2.46. The maximum absolute atomic E-state index is 12.0. The van der Waals surface area contributed by atoms with E-state index < -0.39 is 0 Å². The van der Waals surface area contributed by atoms with Crippen LogP contribution in [0.1, 0.15) is 29.9 Å². The summed E-state index contributed by atoms with van der Waals surface area (Å²) in [5.41, 5.74) is 1.36. The minimum atomic E-state index is -0.153. The van der Waals surface area contributed by atoms with Crippen molar-refractivity contribution in [3.63, 3.8) is 0 Å². The Kier molecular flexibility index (Phi) is 4.65. The second kappa shape index (κ2) is 6.65. The number of hydrogen-bond donors (Lipinski definition) is 2. The summed E-state index contributed by atoms with van der Waals surface area (Å²) in [7, 11) is 0. The van der Waals surface area contributed by atoms with Crippen molar-refractivity contribution in [2.75, 3.05) is 5.32 Å². The van der Waals surface area contributed by atoms with Gasteiger partial charge in [-0.15, -0.1) is 0 Å². The maximum Gasteiger partial charge on any atom is 0.253 e. The smallest absolute Gasteiger partial charge is 0.253 e. The molecule has 0 aliphatic carbocycles. The van der Waals surface area contributed by atoms with Gasteiger partial charge in [-0.2, -0.15) is 0 Å². The van der Waals surface area contributed by atoms with E-state index in [0.717, 1.165) is 11.5 Å². The SMILES string of the molecule is CC(C)Nc1ccc(C(=O)NCc2ccccn2)cn1. The molecule has 0 atom stereocenters. The van der Waals surface area contributed by atoms with Crippen LogP contribution >= 0.6 is 0 Å². The number of nitrogens with zero attached hydrogens (tertiary/aromatic N) is 2. The van der Waals surface area contributed by atoms with Crippen LogP contribution in [0.15, 0.2) is 42.7 Å². The first kappa shape index (κ1) is 14.0. The van der Waals surface area contributed by atoms with Crippen LogP contribution in [0.3, 0.4) is 0 Å². The predicted octanol–water partition coefficient (Wildman–Crippen LogP) is 2.23. The molecule has 0 spiro atoms. The van der Waals surface area contributed by atoms with Crippen molar-refractivity contribution in [3.05, 3.63) is 54.0 Å². The lowest BCUT2D eigenvalue weighted by Crippen LogP contribution is -2.23. The molecule has 0 fully saturated rings. The van der Waals surface area contributed by atoms with E-state index in [2.05, 4.69) is 20.6 Å². The number of hydrogen-bond acceptors (Lipinski definition) is 4. The third-order valence-electron chi connectivity index (χ3n) is 2.62. The summed E-state index contributed by atoms with van der Waals surface area (Å²) in [4.78, 5) is 20.3. The van der Waals surface area contributed by atoms with Crippen LogP contribution in [0.2, 0.25) is 0 Å². The van der Waals surface area contributed by atoms with Crippen molar-refractivity contribution < 1.29 is 4.79 Å². The van der Waals surface area contributed by atoms with Gasteiger partial charge >= 0.3 is 0 Å². The topological polar surface area (TPSA) is 66.9 Å². The van der Waals surface area contributed by atoms with E-state index in [0.29, 0.717) is 18.2 Å². The highest BCUT2D eigenvalue weighted by molar-refractivity contribution is 5.93. The van der Waals surface area contributed by atoms with Gasteiger partial charge in [-0.25, -0.2) is 4.98 Å². The van der Waals surface area contributed by atoms with Gasteiger partial charge in [0.2, 0.25) is 0 Å². The zero-order chi connectivity index (χ0) is 14.4. The molecule has 1 amide bonds. The molecule has 5 nitrogen and oxygen atoms in total. The van der Waals surface area contributed by atoms with Gasteiger partial charge in [0, 0.05) is 18.4 Å². The molecule has 0 bridgehead atoms. The first-order chi connectivity index (χ1) is 9.65. The van der Waals surface area contributed by atoms with E-state index in [1.165, 1.54) is 0 Å². The Labute approximate surface area is 118 Å². The van der Waals surface area contributed by atoms with Crippen molar-refractivity contribution in [1.82, 2.24) is 15.3 Å². The largest absolute Gasteiger partial charge is 0.368 e. The van der Waals surface area contributed by atoms with Gasteiger partial charge < -0.3 is 10.6 Å². The maximum atomic E-state index is 12.0. The van der Waals surface area contributed by atoms with Crippen LogP contribution in [0, 0.1) is 0 Å². The van der Waals surface area contributed by atoms with Crippen molar-refractivity contribution in [3.8, 4) is 0 Å². The van der Waals surface area contributed by atoms with Gasteiger partial charge in [0.25, 0.3) is 5.91 Å².